The number of nitrogens with one attached hydrogen (secondary N) is 1. The first-order chi connectivity index (χ1) is 12.3. The van der Waals surface area contributed by atoms with Gasteiger partial charge in [0, 0.05) is 24.6 Å². The number of aromatic amines is 1. The standard InChI is InChI=1S/C20H19N3O2/c24-20-15-6-2-1-5-14(15)19(25-20)23-11-9-13(10-12-23)18-21-16-7-3-4-8-17(16)22-18/h1-8,13,19H,9-12H2,(H,21,22). The molecule has 126 valence electrons. The molecule has 2 aromatic carbocycles. The smallest absolute Gasteiger partial charge is 0.340 e. The van der Waals surface area contributed by atoms with Gasteiger partial charge in [-0.15, -0.1) is 0 Å². The topological polar surface area (TPSA) is 58.2 Å². The number of imidazole rings is 1. The second-order valence-electron chi connectivity index (χ2n) is 6.79. The summed E-state index contributed by atoms with van der Waals surface area (Å²) in [5.74, 6) is 1.29. The third-order valence-corrected chi connectivity index (χ3v) is 5.32. The van der Waals surface area contributed by atoms with Crippen LogP contribution in [0, 0.1) is 0 Å². The number of benzene rings is 2. The number of fused-ring (bicyclic) bond motifs is 2. The summed E-state index contributed by atoms with van der Waals surface area (Å²) in [6, 6.07) is 15.8. The van der Waals surface area contributed by atoms with Crippen molar-refractivity contribution in [3.05, 3.63) is 65.5 Å². The van der Waals surface area contributed by atoms with E-state index >= 15 is 0 Å². The minimum Gasteiger partial charge on any atom is -0.438 e. The van der Waals surface area contributed by atoms with Gasteiger partial charge in [0.15, 0.2) is 6.23 Å². The molecule has 2 aliphatic rings. The fourth-order valence-electron chi connectivity index (χ4n) is 3.97. The number of cyclic esters (lactones) is 1. The Morgan fingerprint density at radius 1 is 1.04 bits per heavy atom. The van der Waals surface area contributed by atoms with E-state index in [1.54, 1.807) is 0 Å². The zero-order valence-electron chi connectivity index (χ0n) is 13.8. The van der Waals surface area contributed by atoms with E-state index in [9.17, 15) is 4.79 Å². The van der Waals surface area contributed by atoms with Gasteiger partial charge in [0.05, 0.1) is 16.6 Å². The lowest BCUT2D eigenvalue weighted by molar-refractivity contribution is -0.0323. The van der Waals surface area contributed by atoms with Gasteiger partial charge in [-0.2, -0.15) is 0 Å². The highest BCUT2D eigenvalue weighted by molar-refractivity contribution is 5.93. The van der Waals surface area contributed by atoms with Crippen LogP contribution >= 0.6 is 0 Å². The molecule has 1 atom stereocenters. The van der Waals surface area contributed by atoms with E-state index < -0.39 is 0 Å². The van der Waals surface area contributed by atoms with Gasteiger partial charge < -0.3 is 9.72 Å². The summed E-state index contributed by atoms with van der Waals surface area (Å²) < 4.78 is 5.62. The molecule has 1 fully saturated rings. The summed E-state index contributed by atoms with van der Waals surface area (Å²) in [6.07, 6.45) is 1.78. The molecule has 5 rings (SSSR count). The first kappa shape index (κ1) is 14.7. The fourth-order valence-corrected chi connectivity index (χ4v) is 3.97. The molecule has 0 aliphatic carbocycles. The number of H-pyrrole nitrogens is 1. The Hall–Kier alpha value is -2.66. The summed E-state index contributed by atoms with van der Waals surface area (Å²) in [7, 11) is 0. The Bertz CT molecular complexity index is 908. The number of likely N-dealkylation sites (tertiary alicyclic amines) is 1. The molecule has 1 unspecified atom stereocenters. The first-order valence-electron chi connectivity index (χ1n) is 8.78. The number of piperidine rings is 1. The van der Waals surface area contributed by atoms with E-state index in [0.29, 0.717) is 11.5 Å². The van der Waals surface area contributed by atoms with Crippen LogP contribution in [0.5, 0.6) is 0 Å². The number of hydrogen-bond acceptors (Lipinski definition) is 4. The van der Waals surface area contributed by atoms with Crippen molar-refractivity contribution in [1.29, 1.82) is 0 Å². The summed E-state index contributed by atoms with van der Waals surface area (Å²) in [5, 5.41) is 0. The molecule has 0 bridgehead atoms. The average Bonchev–Trinajstić information content (AvgIpc) is 3.24. The molecule has 25 heavy (non-hydrogen) atoms. The lowest BCUT2D eigenvalue weighted by atomic mass is 9.95. The van der Waals surface area contributed by atoms with Gasteiger partial charge >= 0.3 is 5.97 Å². The van der Waals surface area contributed by atoms with E-state index in [0.717, 1.165) is 48.4 Å². The molecule has 3 aromatic rings. The van der Waals surface area contributed by atoms with Crippen LogP contribution in [0.15, 0.2) is 48.5 Å². The maximum Gasteiger partial charge on any atom is 0.340 e. The van der Waals surface area contributed by atoms with Gasteiger partial charge in [-0.1, -0.05) is 30.3 Å². The van der Waals surface area contributed by atoms with Crippen molar-refractivity contribution < 1.29 is 9.53 Å². The summed E-state index contributed by atoms with van der Waals surface area (Å²) in [5.41, 5.74) is 3.82. The summed E-state index contributed by atoms with van der Waals surface area (Å²) in [4.78, 5) is 22.5. The molecule has 0 radical (unpaired) electrons. The number of carbonyl (C=O) groups is 1. The van der Waals surface area contributed by atoms with Crippen molar-refractivity contribution in [2.24, 2.45) is 0 Å². The van der Waals surface area contributed by atoms with Crippen molar-refractivity contribution in [2.45, 2.75) is 25.0 Å². The van der Waals surface area contributed by atoms with E-state index in [1.165, 1.54) is 0 Å². The summed E-state index contributed by atoms with van der Waals surface area (Å²) >= 11 is 0. The zero-order valence-corrected chi connectivity index (χ0v) is 13.8. The maximum absolute atomic E-state index is 12.0. The van der Waals surface area contributed by atoms with Crippen LogP contribution in [-0.4, -0.2) is 33.9 Å². The Balaban J connectivity index is 1.33. The molecular weight excluding hydrogens is 314 g/mol. The van der Waals surface area contributed by atoms with Gasteiger partial charge in [0.1, 0.15) is 5.82 Å². The molecule has 1 aromatic heterocycles. The van der Waals surface area contributed by atoms with E-state index in [4.69, 9.17) is 9.72 Å². The van der Waals surface area contributed by atoms with E-state index in [2.05, 4.69) is 16.0 Å². The quantitative estimate of drug-likeness (QED) is 0.728. The number of ether oxygens (including phenoxy) is 1. The number of para-hydroxylation sites is 2. The van der Waals surface area contributed by atoms with Crippen LogP contribution in [0.2, 0.25) is 0 Å². The highest BCUT2D eigenvalue weighted by Gasteiger charge is 2.37. The third kappa shape index (κ3) is 2.43. The van der Waals surface area contributed by atoms with Crippen LogP contribution in [0.25, 0.3) is 11.0 Å². The summed E-state index contributed by atoms with van der Waals surface area (Å²) in [6.45, 7) is 1.79. The average molecular weight is 333 g/mol. The van der Waals surface area contributed by atoms with Gasteiger partial charge in [0.25, 0.3) is 0 Å². The van der Waals surface area contributed by atoms with Crippen LogP contribution in [0.1, 0.15) is 46.7 Å². The minimum atomic E-state index is -0.236. The monoisotopic (exact) mass is 333 g/mol. The van der Waals surface area contributed by atoms with Gasteiger partial charge in [0.2, 0.25) is 0 Å². The van der Waals surface area contributed by atoms with E-state index in [1.807, 2.05) is 42.5 Å². The molecule has 3 heterocycles. The van der Waals surface area contributed by atoms with Crippen molar-refractivity contribution in [2.75, 3.05) is 13.1 Å². The second kappa shape index (κ2) is 5.70. The lowest BCUT2D eigenvalue weighted by Gasteiger charge is -2.34. The predicted molar refractivity (Wildman–Crippen MR) is 94.2 cm³/mol. The van der Waals surface area contributed by atoms with Crippen molar-refractivity contribution >= 4 is 17.0 Å². The third-order valence-electron chi connectivity index (χ3n) is 5.32. The Labute approximate surface area is 145 Å². The van der Waals surface area contributed by atoms with Crippen LogP contribution in [0.4, 0.5) is 0 Å². The minimum absolute atomic E-state index is 0.208. The Kier molecular flexibility index (Phi) is 3.35. The Morgan fingerprint density at radius 3 is 2.64 bits per heavy atom. The first-order valence-corrected chi connectivity index (χ1v) is 8.78. The number of esters is 1. The van der Waals surface area contributed by atoms with Crippen LogP contribution in [-0.2, 0) is 4.74 Å². The van der Waals surface area contributed by atoms with Crippen LogP contribution in [0.3, 0.4) is 0 Å². The number of nitrogens with zero attached hydrogens (tertiary/aromatic N) is 2. The van der Waals surface area contributed by atoms with Gasteiger partial charge in [-0.05, 0) is 31.0 Å². The van der Waals surface area contributed by atoms with Crippen molar-refractivity contribution in [1.82, 2.24) is 14.9 Å². The van der Waals surface area contributed by atoms with Crippen LogP contribution < -0.4 is 0 Å². The van der Waals surface area contributed by atoms with Crippen molar-refractivity contribution in [3.8, 4) is 0 Å². The molecule has 0 saturated carbocycles. The number of aromatic nitrogens is 2. The highest BCUT2D eigenvalue weighted by Crippen LogP contribution is 2.37. The molecule has 1 saturated heterocycles. The fraction of sp³-hybridized carbons (Fsp3) is 0.300. The number of hydrogen-bond donors (Lipinski definition) is 1. The molecule has 5 nitrogen and oxygen atoms in total. The lowest BCUT2D eigenvalue weighted by Crippen LogP contribution is -2.36. The zero-order chi connectivity index (χ0) is 16.8. The molecule has 0 amide bonds. The molecule has 2 aliphatic heterocycles. The maximum atomic E-state index is 12.0. The number of rotatable bonds is 2. The molecule has 5 heteroatoms. The second-order valence-corrected chi connectivity index (χ2v) is 6.79. The molecular formula is C20H19N3O2. The Morgan fingerprint density at radius 2 is 1.80 bits per heavy atom. The number of carbonyl (C=O) groups excluding carboxylic acids is 1. The molecule has 1 N–H and O–H groups in total. The molecule has 0 spiro atoms. The van der Waals surface area contributed by atoms with Gasteiger partial charge in [-0.3, -0.25) is 4.90 Å². The largest absolute Gasteiger partial charge is 0.438 e. The highest BCUT2D eigenvalue weighted by atomic mass is 16.6. The normalized spacial score (nSPS) is 21.4. The van der Waals surface area contributed by atoms with Gasteiger partial charge in [-0.25, -0.2) is 9.78 Å². The van der Waals surface area contributed by atoms with E-state index in [-0.39, 0.29) is 12.2 Å². The predicted octanol–water partition coefficient (Wildman–Crippen LogP) is 3.61. The van der Waals surface area contributed by atoms with Crippen molar-refractivity contribution in [3.63, 3.8) is 0 Å². The SMILES string of the molecule is O=C1OC(N2CCC(c3nc4ccccc4[nH]3)CC2)c2ccccc21.